The highest BCUT2D eigenvalue weighted by molar-refractivity contribution is 5.77. The van der Waals surface area contributed by atoms with Crippen LogP contribution in [0.2, 0.25) is 0 Å². The van der Waals surface area contributed by atoms with Gasteiger partial charge < -0.3 is 21.1 Å². The van der Waals surface area contributed by atoms with Crippen LogP contribution in [0.3, 0.4) is 0 Å². The third-order valence-electron chi connectivity index (χ3n) is 3.18. The molecule has 1 atom stereocenters. The van der Waals surface area contributed by atoms with E-state index in [9.17, 15) is 4.79 Å². The molecule has 17 heavy (non-hydrogen) atoms. The monoisotopic (exact) mass is 243 g/mol. The Morgan fingerprint density at radius 1 is 1.35 bits per heavy atom. The number of carbonyl (C=O) groups excluding carboxylic acids is 1. The fourth-order valence-corrected chi connectivity index (χ4v) is 2.09. The first-order valence-corrected chi connectivity index (χ1v) is 6.60. The van der Waals surface area contributed by atoms with E-state index in [1.165, 1.54) is 0 Å². The summed E-state index contributed by atoms with van der Waals surface area (Å²) in [6.45, 7) is 3.33. The summed E-state index contributed by atoms with van der Waals surface area (Å²) >= 11 is 0. The molecule has 1 heterocycles. The van der Waals surface area contributed by atoms with Crippen LogP contribution in [0, 0.1) is 0 Å². The summed E-state index contributed by atoms with van der Waals surface area (Å²) in [4.78, 5) is 13.8. The summed E-state index contributed by atoms with van der Waals surface area (Å²) in [5.41, 5.74) is 5.65. The number of nitrogens with one attached hydrogen (secondary N) is 1. The van der Waals surface area contributed by atoms with Gasteiger partial charge >= 0.3 is 0 Å². The molecule has 0 aromatic carbocycles. The van der Waals surface area contributed by atoms with E-state index in [1.807, 2.05) is 4.90 Å². The van der Waals surface area contributed by atoms with Crippen LogP contribution in [0.1, 0.15) is 32.1 Å². The molecule has 1 unspecified atom stereocenters. The molecular formula is C12H25N3O2. The lowest BCUT2D eigenvalue weighted by Gasteiger charge is -2.20. The highest BCUT2D eigenvalue weighted by atomic mass is 16.2. The normalized spacial score (nSPS) is 17.4. The molecule has 1 aliphatic heterocycles. The number of likely N-dealkylation sites (tertiary alicyclic amines) is 1. The number of aliphatic hydroxyl groups is 1. The van der Waals surface area contributed by atoms with Crippen molar-refractivity contribution in [2.45, 2.75) is 38.1 Å². The third-order valence-corrected chi connectivity index (χ3v) is 3.18. The molecule has 1 rings (SSSR count). The minimum atomic E-state index is 0.0711. The van der Waals surface area contributed by atoms with Crippen molar-refractivity contribution in [2.75, 3.05) is 32.8 Å². The Kier molecular flexibility index (Phi) is 7.16. The molecule has 1 fully saturated rings. The standard InChI is InChI=1S/C12H25N3O2/c13-10-11(14-5-1-4-8-16)9-12(17)15-6-2-3-7-15/h11,14,16H,1-10,13H2. The summed E-state index contributed by atoms with van der Waals surface area (Å²) in [6, 6.07) is 0.0711. The average Bonchev–Trinajstić information content (AvgIpc) is 2.86. The molecule has 0 spiro atoms. The Labute approximate surface area is 103 Å². The summed E-state index contributed by atoms with van der Waals surface area (Å²) < 4.78 is 0. The molecule has 0 aromatic heterocycles. The zero-order valence-corrected chi connectivity index (χ0v) is 10.5. The smallest absolute Gasteiger partial charge is 0.224 e. The van der Waals surface area contributed by atoms with Gasteiger partial charge in [-0.3, -0.25) is 4.79 Å². The second kappa shape index (κ2) is 8.44. The predicted octanol–water partition coefficient (Wildman–Crippen LogP) is -0.312. The number of rotatable bonds is 8. The van der Waals surface area contributed by atoms with Gasteiger partial charge in [0.25, 0.3) is 0 Å². The quantitative estimate of drug-likeness (QED) is 0.511. The fraction of sp³-hybridized carbons (Fsp3) is 0.917. The number of nitrogens with two attached hydrogens (primary N) is 1. The predicted molar refractivity (Wildman–Crippen MR) is 67.6 cm³/mol. The lowest BCUT2D eigenvalue weighted by Crippen LogP contribution is -2.41. The van der Waals surface area contributed by atoms with Crippen LogP contribution in [0.15, 0.2) is 0 Å². The second-order valence-corrected chi connectivity index (χ2v) is 4.61. The van der Waals surface area contributed by atoms with E-state index in [0.717, 1.165) is 45.3 Å². The Morgan fingerprint density at radius 3 is 2.65 bits per heavy atom. The van der Waals surface area contributed by atoms with Crippen molar-refractivity contribution in [3.05, 3.63) is 0 Å². The van der Waals surface area contributed by atoms with Crippen LogP contribution < -0.4 is 11.1 Å². The highest BCUT2D eigenvalue weighted by Gasteiger charge is 2.20. The number of hydrogen-bond donors (Lipinski definition) is 3. The van der Waals surface area contributed by atoms with E-state index < -0.39 is 0 Å². The number of carbonyl (C=O) groups is 1. The molecule has 100 valence electrons. The maximum Gasteiger partial charge on any atom is 0.224 e. The van der Waals surface area contributed by atoms with Crippen LogP contribution in [0.4, 0.5) is 0 Å². The van der Waals surface area contributed by atoms with E-state index in [0.29, 0.717) is 13.0 Å². The maximum atomic E-state index is 11.9. The van der Waals surface area contributed by atoms with Gasteiger partial charge in [0, 0.05) is 38.7 Å². The van der Waals surface area contributed by atoms with Crippen LogP contribution >= 0.6 is 0 Å². The number of unbranched alkanes of at least 4 members (excludes halogenated alkanes) is 1. The zero-order valence-electron chi connectivity index (χ0n) is 10.5. The van der Waals surface area contributed by atoms with Gasteiger partial charge in [-0.25, -0.2) is 0 Å². The first-order chi connectivity index (χ1) is 8.27. The molecule has 0 aromatic rings. The second-order valence-electron chi connectivity index (χ2n) is 4.61. The minimum Gasteiger partial charge on any atom is -0.396 e. The van der Waals surface area contributed by atoms with Gasteiger partial charge in [0.1, 0.15) is 0 Å². The SMILES string of the molecule is NCC(CC(=O)N1CCCC1)NCCCCO. The largest absolute Gasteiger partial charge is 0.396 e. The van der Waals surface area contributed by atoms with Crippen molar-refractivity contribution in [1.82, 2.24) is 10.2 Å². The molecule has 1 saturated heterocycles. The van der Waals surface area contributed by atoms with Crippen LogP contribution in [-0.4, -0.2) is 54.7 Å². The van der Waals surface area contributed by atoms with Crippen molar-refractivity contribution in [3.63, 3.8) is 0 Å². The lowest BCUT2D eigenvalue weighted by molar-refractivity contribution is -0.130. The van der Waals surface area contributed by atoms with Gasteiger partial charge in [-0.1, -0.05) is 0 Å². The number of aliphatic hydroxyl groups excluding tert-OH is 1. The Morgan fingerprint density at radius 2 is 2.06 bits per heavy atom. The highest BCUT2D eigenvalue weighted by Crippen LogP contribution is 2.09. The maximum absolute atomic E-state index is 11.9. The molecule has 4 N–H and O–H groups in total. The summed E-state index contributed by atoms with van der Waals surface area (Å²) in [6.07, 6.45) is 4.47. The van der Waals surface area contributed by atoms with Crippen molar-refractivity contribution < 1.29 is 9.90 Å². The topological polar surface area (TPSA) is 78.6 Å². The number of nitrogens with zero attached hydrogens (tertiary/aromatic N) is 1. The zero-order chi connectivity index (χ0) is 12.5. The van der Waals surface area contributed by atoms with E-state index in [1.54, 1.807) is 0 Å². The van der Waals surface area contributed by atoms with E-state index >= 15 is 0 Å². The lowest BCUT2D eigenvalue weighted by atomic mass is 10.2. The van der Waals surface area contributed by atoms with Gasteiger partial charge in [-0.2, -0.15) is 0 Å². The number of amides is 1. The molecule has 0 radical (unpaired) electrons. The summed E-state index contributed by atoms with van der Waals surface area (Å²) in [5, 5.41) is 11.9. The van der Waals surface area contributed by atoms with Gasteiger partial charge in [0.15, 0.2) is 0 Å². The third kappa shape index (κ3) is 5.48. The van der Waals surface area contributed by atoms with Crippen molar-refractivity contribution in [3.8, 4) is 0 Å². The summed E-state index contributed by atoms with van der Waals surface area (Å²) in [5.74, 6) is 0.215. The molecule has 1 amide bonds. The van der Waals surface area contributed by atoms with E-state index in [2.05, 4.69) is 5.32 Å². The van der Waals surface area contributed by atoms with Gasteiger partial charge in [-0.05, 0) is 32.2 Å². The molecule has 0 aliphatic carbocycles. The molecular weight excluding hydrogens is 218 g/mol. The van der Waals surface area contributed by atoms with Crippen LogP contribution in [-0.2, 0) is 4.79 Å². The van der Waals surface area contributed by atoms with Crippen LogP contribution in [0.25, 0.3) is 0 Å². The summed E-state index contributed by atoms with van der Waals surface area (Å²) in [7, 11) is 0. The van der Waals surface area contributed by atoms with Gasteiger partial charge in [-0.15, -0.1) is 0 Å². The Hall–Kier alpha value is -0.650. The minimum absolute atomic E-state index is 0.0711. The van der Waals surface area contributed by atoms with Crippen molar-refractivity contribution in [1.29, 1.82) is 0 Å². The molecule has 0 bridgehead atoms. The first kappa shape index (κ1) is 14.4. The van der Waals surface area contributed by atoms with Crippen molar-refractivity contribution >= 4 is 5.91 Å². The Balaban J connectivity index is 2.18. The average molecular weight is 243 g/mol. The van der Waals surface area contributed by atoms with Crippen LogP contribution in [0.5, 0.6) is 0 Å². The molecule has 5 heteroatoms. The molecule has 5 nitrogen and oxygen atoms in total. The van der Waals surface area contributed by atoms with Gasteiger partial charge in [0.2, 0.25) is 5.91 Å². The fourth-order valence-electron chi connectivity index (χ4n) is 2.09. The van der Waals surface area contributed by atoms with Crippen molar-refractivity contribution in [2.24, 2.45) is 5.73 Å². The van der Waals surface area contributed by atoms with E-state index in [-0.39, 0.29) is 18.6 Å². The molecule has 1 aliphatic rings. The Bertz CT molecular complexity index is 218. The number of hydrogen-bond acceptors (Lipinski definition) is 4. The first-order valence-electron chi connectivity index (χ1n) is 6.60. The van der Waals surface area contributed by atoms with E-state index in [4.69, 9.17) is 10.8 Å². The molecule has 0 saturated carbocycles. The van der Waals surface area contributed by atoms with Gasteiger partial charge in [0.05, 0.1) is 0 Å².